The third-order valence-corrected chi connectivity index (χ3v) is 1.63. The Kier molecular flexibility index (Phi) is 2.60. The number of hydrogen-bond donors (Lipinski definition) is 0. The van der Waals surface area contributed by atoms with Crippen LogP contribution in [0.1, 0.15) is 17.3 Å². The molecule has 0 aliphatic carbocycles. The summed E-state index contributed by atoms with van der Waals surface area (Å²) >= 11 is 0. The summed E-state index contributed by atoms with van der Waals surface area (Å²) in [5, 5.41) is 0. The number of carbonyl (C=O) groups excluding carboxylic acids is 1. The van der Waals surface area contributed by atoms with Crippen LogP contribution in [-0.4, -0.2) is 12.9 Å². The van der Waals surface area contributed by atoms with Gasteiger partial charge in [-0.2, -0.15) is 4.39 Å². The van der Waals surface area contributed by atoms with Crippen LogP contribution in [0.2, 0.25) is 0 Å². The van der Waals surface area contributed by atoms with Crippen molar-refractivity contribution in [1.82, 2.24) is 0 Å². The van der Waals surface area contributed by atoms with Crippen molar-refractivity contribution in [2.24, 2.45) is 0 Å². The first-order chi connectivity index (χ1) is 6.07. The lowest BCUT2D eigenvalue weighted by Gasteiger charge is -2.06. The Bertz CT molecular complexity index is 348. The molecule has 1 aromatic carbocycles. The normalized spacial score (nSPS) is 9.85. The van der Waals surface area contributed by atoms with Crippen molar-refractivity contribution in [2.75, 3.05) is 7.11 Å². The lowest BCUT2D eigenvalue weighted by atomic mass is 10.1. The molecule has 0 saturated carbocycles. The molecule has 0 radical (unpaired) electrons. The van der Waals surface area contributed by atoms with E-state index in [9.17, 15) is 13.6 Å². The average molecular weight is 186 g/mol. The summed E-state index contributed by atoms with van der Waals surface area (Å²) in [6, 6.07) is 2.09. The highest BCUT2D eigenvalue weighted by Crippen LogP contribution is 2.24. The highest BCUT2D eigenvalue weighted by Gasteiger charge is 2.16. The molecule has 0 N–H and O–H groups in total. The van der Waals surface area contributed by atoms with Crippen molar-refractivity contribution in [3.8, 4) is 5.75 Å². The Labute approximate surface area is 74.1 Å². The Morgan fingerprint density at radius 2 is 2.00 bits per heavy atom. The summed E-state index contributed by atoms with van der Waals surface area (Å²) < 4.78 is 30.2. The Morgan fingerprint density at radius 3 is 2.46 bits per heavy atom. The second kappa shape index (κ2) is 3.51. The Morgan fingerprint density at radius 1 is 1.38 bits per heavy atom. The highest BCUT2D eigenvalue weighted by molar-refractivity contribution is 5.96. The molecule has 0 aliphatic heterocycles. The van der Waals surface area contributed by atoms with Gasteiger partial charge in [0.2, 0.25) is 5.82 Å². The van der Waals surface area contributed by atoms with Crippen LogP contribution >= 0.6 is 0 Å². The summed E-state index contributed by atoms with van der Waals surface area (Å²) in [6.45, 7) is 1.26. The maximum absolute atomic E-state index is 13.0. The molecule has 0 atom stereocenters. The average Bonchev–Trinajstić information content (AvgIpc) is 2.09. The molecular weight excluding hydrogens is 178 g/mol. The second-order valence-electron chi connectivity index (χ2n) is 2.50. The van der Waals surface area contributed by atoms with Gasteiger partial charge in [-0.3, -0.25) is 4.79 Å². The number of benzene rings is 1. The summed E-state index contributed by atoms with van der Waals surface area (Å²) in [7, 11) is 1.18. The molecule has 0 amide bonds. The zero-order valence-electron chi connectivity index (χ0n) is 7.23. The van der Waals surface area contributed by atoms with Gasteiger partial charge < -0.3 is 4.74 Å². The van der Waals surface area contributed by atoms with E-state index in [2.05, 4.69) is 4.74 Å². The van der Waals surface area contributed by atoms with Gasteiger partial charge in [0.05, 0.1) is 12.7 Å². The number of hydrogen-bond acceptors (Lipinski definition) is 2. The third-order valence-electron chi connectivity index (χ3n) is 1.63. The smallest absolute Gasteiger partial charge is 0.201 e. The number of ketones is 1. The minimum absolute atomic E-state index is 0.0430. The van der Waals surface area contributed by atoms with Gasteiger partial charge in [-0.25, -0.2) is 4.39 Å². The topological polar surface area (TPSA) is 26.3 Å². The van der Waals surface area contributed by atoms with Crippen LogP contribution in [0.3, 0.4) is 0 Å². The van der Waals surface area contributed by atoms with Gasteiger partial charge in [0.1, 0.15) is 0 Å². The van der Waals surface area contributed by atoms with Crippen LogP contribution in [0.15, 0.2) is 12.1 Å². The van der Waals surface area contributed by atoms with Gasteiger partial charge in [-0.05, 0) is 19.1 Å². The van der Waals surface area contributed by atoms with Crippen molar-refractivity contribution in [3.05, 3.63) is 29.3 Å². The van der Waals surface area contributed by atoms with Gasteiger partial charge >= 0.3 is 0 Å². The molecule has 70 valence electrons. The largest absolute Gasteiger partial charge is 0.493 e. The number of Topliss-reactive ketones (excluding diaryl/α,β-unsaturated/α-hetero) is 1. The first-order valence-corrected chi connectivity index (χ1v) is 3.61. The molecule has 0 spiro atoms. The first-order valence-electron chi connectivity index (χ1n) is 3.61. The first kappa shape index (κ1) is 9.64. The molecule has 0 aromatic heterocycles. The monoisotopic (exact) mass is 186 g/mol. The zero-order valence-corrected chi connectivity index (χ0v) is 7.23. The molecule has 0 bridgehead atoms. The van der Waals surface area contributed by atoms with Crippen molar-refractivity contribution in [2.45, 2.75) is 6.92 Å². The fraction of sp³-hybridized carbons (Fsp3) is 0.222. The minimum atomic E-state index is -1.13. The second-order valence-corrected chi connectivity index (χ2v) is 2.50. The van der Waals surface area contributed by atoms with Gasteiger partial charge in [0.15, 0.2) is 17.3 Å². The molecule has 0 heterocycles. The lowest BCUT2D eigenvalue weighted by Crippen LogP contribution is -2.01. The summed E-state index contributed by atoms with van der Waals surface area (Å²) in [6.07, 6.45) is 0. The molecular formula is C9H8F2O2. The van der Waals surface area contributed by atoms with E-state index in [4.69, 9.17) is 0 Å². The van der Waals surface area contributed by atoms with E-state index in [1.807, 2.05) is 0 Å². The Hall–Kier alpha value is -1.45. The number of rotatable bonds is 2. The van der Waals surface area contributed by atoms with Crippen LogP contribution < -0.4 is 4.74 Å². The fourth-order valence-electron chi connectivity index (χ4n) is 1.01. The van der Waals surface area contributed by atoms with Crippen molar-refractivity contribution in [1.29, 1.82) is 0 Å². The van der Waals surface area contributed by atoms with Crippen molar-refractivity contribution < 1.29 is 18.3 Å². The van der Waals surface area contributed by atoms with Crippen LogP contribution in [-0.2, 0) is 0 Å². The molecule has 0 saturated heterocycles. The molecule has 0 unspecified atom stereocenters. The molecule has 2 nitrogen and oxygen atoms in total. The minimum Gasteiger partial charge on any atom is -0.493 e. The van der Waals surface area contributed by atoms with E-state index < -0.39 is 11.6 Å². The van der Waals surface area contributed by atoms with Crippen molar-refractivity contribution >= 4 is 5.78 Å². The lowest BCUT2D eigenvalue weighted by molar-refractivity contribution is 0.101. The van der Waals surface area contributed by atoms with Crippen LogP contribution in [0.25, 0.3) is 0 Å². The molecule has 1 aromatic rings. The molecule has 1 rings (SSSR count). The highest BCUT2D eigenvalue weighted by atomic mass is 19.2. The van der Waals surface area contributed by atoms with Crippen LogP contribution in [0, 0.1) is 11.6 Å². The maximum atomic E-state index is 13.0. The summed E-state index contributed by atoms with van der Waals surface area (Å²) in [5.41, 5.74) is 0.0430. The van der Waals surface area contributed by atoms with E-state index in [1.54, 1.807) is 0 Å². The predicted octanol–water partition coefficient (Wildman–Crippen LogP) is 2.18. The van der Waals surface area contributed by atoms with E-state index in [1.165, 1.54) is 20.1 Å². The SMILES string of the molecule is COc1c(C(C)=O)ccc(F)c1F. The maximum Gasteiger partial charge on any atom is 0.201 e. The van der Waals surface area contributed by atoms with Gasteiger partial charge in [0.25, 0.3) is 0 Å². The van der Waals surface area contributed by atoms with E-state index >= 15 is 0 Å². The Balaban J connectivity index is 3.38. The third kappa shape index (κ3) is 1.66. The van der Waals surface area contributed by atoms with Crippen LogP contribution in [0.4, 0.5) is 8.78 Å². The molecule has 4 heteroatoms. The quantitative estimate of drug-likeness (QED) is 0.661. The number of methoxy groups -OCH3 is 1. The molecule has 0 fully saturated rings. The number of carbonyl (C=O) groups is 1. The van der Waals surface area contributed by atoms with Gasteiger partial charge in [0, 0.05) is 0 Å². The standard InChI is InChI=1S/C9H8F2O2/c1-5(12)6-3-4-7(10)8(11)9(6)13-2/h3-4H,1-2H3. The van der Waals surface area contributed by atoms with E-state index in [0.29, 0.717) is 0 Å². The number of halogens is 2. The summed E-state index contributed by atoms with van der Waals surface area (Å²) in [4.78, 5) is 10.9. The molecule has 0 aliphatic rings. The van der Waals surface area contributed by atoms with Gasteiger partial charge in [-0.1, -0.05) is 0 Å². The fourth-order valence-corrected chi connectivity index (χ4v) is 1.01. The van der Waals surface area contributed by atoms with E-state index in [-0.39, 0.29) is 17.1 Å². The zero-order chi connectivity index (χ0) is 10.0. The van der Waals surface area contributed by atoms with Gasteiger partial charge in [-0.15, -0.1) is 0 Å². The van der Waals surface area contributed by atoms with Crippen LogP contribution in [0.5, 0.6) is 5.75 Å². The summed E-state index contributed by atoms with van der Waals surface area (Å²) in [5.74, 6) is -2.86. The van der Waals surface area contributed by atoms with E-state index in [0.717, 1.165) is 6.07 Å². The predicted molar refractivity (Wildman–Crippen MR) is 42.9 cm³/mol. The number of ether oxygens (including phenoxy) is 1. The molecule has 13 heavy (non-hydrogen) atoms. The van der Waals surface area contributed by atoms with Crippen molar-refractivity contribution in [3.63, 3.8) is 0 Å².